The van der Waals surface area contributed by atoms with Crippen molar-refractivity contribution >= 4 is 5.91 Å². The number of hydrogen-bond donors (Lipinski definition) is 2. The molecule has 1 aliphatic rings. The van der Waals surface area contributed by atoms with E-state index < -0.39 is 6.67 Å². The lowest BCUT2D eigenvalue weighted by molar-refractivity contribution is -0.119. The maximum absolute atomic E-state index is 12.0. The molecule has 0 aromatic heterocycles. The minimum Gasteiger partial charge on any atom is -0.394 e. The topological polar surface area (TPSA) is 49.3 Å². The van der Waals surface area contributed by atoms with Gasteiger partial charge in [0.15, 0.2) is 0 Å². The summed E-state index contributed by atoms with van der Waals surface area (Å²) < 4.78 is 12.0. The molecule has 2 N–H and O–H groups in total. The molecule has 1 amide bonds. The van der Waals surface area contributed by atoms with E-state index in [0.717, 1.165) is 0 Å². The van der Waals surface area contributed by atoms with Crippen molar-refractivity contribution in [1.82, 2.24) is 5.32 Å². The van der Waals surface area contributed by atoms with Gasteiger partial charge in [0.25, 0.3) is 0 Å². The van der Waals surface area contributed by atoms with Crippen molar-refractivity contribution in [3.8, 4) is 0 Å². The van der Waals surface area contributed by atoms with Crippen LogP contribution in [0.1, 0.15) is 6.42 Å². The van der Waals surface area contributed by atoms with Crippen LogP contribution in [0.15, 0.2) is 0 Å². The number of rotatable bonds is 2. The quantitative estimate of drug-likeness (QED) is 0.550. The monoisotopic (exact) mass is 147 g/mol. The lowest BCUT2D eigenvalue weighted by Gasteiger charge is -2.11. The fourth-order valence-corrected chi connectivity index (χ4v) is 1.12. The molecule has 0 saturated carbocycles. The summed E-state index contributed by atoms with van der Waals surface area (Å²) in [5, 5.41) is 11.1. The van der Waals surface area contributed by atoms with Gasteiger partial charge in [0.2, 0.25) is 5.91 Å². The predicted molar refractivity (Wildman–Crippen MR) is 33.1 cm³/mol. The third-order valence-electron chi connectivity index (χ3n) is 1.76. The molecule has 0 aliphatic carbocycles. The zero-order valence-corrected chi connectivity index (χ0v) is 5.51. The summed E-state index contributed by atoms with van der Waals surface area (Å²) in [6, 6.07) is -0.363. The normalized spacial score (nSPS) is 32.4. The summed E-state index contributed by atoms with van der Waals surface area (Å²) in [7, 11) is 0. The number of hydrogen-bond acceptors (Lipinski definition) is 2. The largest absolute Gasteiger partial charge is 0.394 e. The SMILES string of the molecule is O=C1CC(CF)C(CO)N1. The van der Waals surface area contributed by atoms with Crippen LogP contribution in [0, 0.1) is 5.92 Å². The number of alkyl halides is 1. The fourth-order valence-electron chi connectivity index (χ4n) is 1.12. The van der Waals surface area contributed by atoms with Crippen LogP contribution in [-0.2, 0) is 4.79 Å². The van der Waals surface area contributed by atoms with E-state index in [1.54, 1.807) is 0 Å². The molecule has 1 heterocycles. The molecule has 1 aliphatic heterocycles. The van der Waals surface area contributed by atoms with Crippen LogP contribution in [0.25, 0.3) is 0 Å². The Morgan fingerprint density at radius 3 is 2.90 bits per heavy atom. The van der Waals surface area contributed by atoms with E-state index in [0.29, 0.717) is 0 Å². The van der Waals surface area contributed by atoms with Crippen molar-refractivity contribution in [1.29, 1.82) is 0 Å². The fraction of sp³-hybridized carbons (Fsp3) is 0.833. The van der Waals surface area contributed by atoms with Crippen LogP contribution >= 0.6 is 0 Å². The van der Waals surface area contributed by atoms with Crippen molar-refractivity contribution in [3.63, 3.8) is 0 Å². The average molecular weight is 147 g/mol. The number of carbonyl (C=O) groups is 1. The first-order valence-corrected chi connectivity index (χ1v) is 3.24. The summed E-state index contributed by atoms with van der Waals surface area (Å²) in [6.07, 6.45) is 0.210. The van der Waals surface area contributed by atoms with Gasteiger partial charge < -0.3 is 10.4 Å². The molecular formula is C6H10FNO2. The van der Waals surface area contributed by atoms with Gasteiger partial charge in [-0.25, -0.2) is 0 Å². The highest BCUT2D eigenvalue weighted by Crippen LogP contribution is 2.16. The second-order valence-electron chi connectivity index (χ2n) is 2.48. The Kier molecular flexibility index (Phi) is 2.21. The Bertz CT molecular complexity index is 126. The minimum atomic E-state index is -0.538. The molecule has 1 fully saturated rings. The van der Waals surface area contributed by atoms with Gasteiger partial charge in [-0.2, -0.15) is 0 Å². The van der Waals surface area contributed by atoms with Gasteiger partial charge in [0.05, 0.1) is 19.3 Å². The molecule has 0 aromatic rings. The molecule has 0 aromatic carbocycles. The summed E-state index contributed by atoms with van der Waals surface area (Å²) in [5.41, 5.74) is 0. The van der Waals surface area contributed by atoms with Crippen molar-refractivity contribution in [3.05, 3.63) is 0 Å². The Morgan fingerprint density at radius 1 is 1.80 bits per heavy atom. The lowest BCUT2D eigenvalue weighted by Crippen LogP contribution is -2.33. The van der Waals surface area contributed by atoms with E-state index >= 15 is 0 Å². The first-order chi connectivity index (χ1) is 4.77. The standard InChI is InChI=1S/C6H10FNO2/c7-2-4-1-6(10)8-5(4)3-9/h4-5,9H,1-3H2,(H,8,10). The minimum absolute atomic E-state index is 0.165. The molecule has 1 saturated heterocycles. The van der Waals surface area contributed by atoms with E-state index in [1.165, 1.54) is 0 Å². The molecule has 0 spiro atoms. The maximum Gasteiger partial charge on any atom is 0.220 e. The third-order valence-corrected chi connectivity index (χ3v) is 1.76. The van der Waals surface area contributed by atoms with Crippen LogP contribution in [0.2, 0.25) is 0 Å². The van der Waals surface area contributed by atoms with Crippen molar-refractivity contribution in [2.75, 3.05) is 13.3 Å². The Morgan fingerprint density at radius 2 is 2.50 bits per heavy atom. The van der Waals surface area contributed by atoms with Gasteiger partial charge in [-0.1, -0.05) is 0 Å². The van der Waals surface area contributed by atoms with Crippen LogP contribution < -0.4 is 5.32 Å². The van der Waals surface area contributed by atoms with Gasteiger partial charge in [-0.05, 0) is 0 Å². The smallest absolute Gasteiger partial charge is 0.220 e. The van der Waals surface area contributed by atoms with E-state index in [4.69, 9.17) is 5.11 Å². The number of carbonyl (C=O) groups excluding carboxylic acids is 1. The predicted octanol–water partition coefficient (Wildman–Crippen LogP) is -0.547. The second kappa shape index (κ2) is 2.96. The van der Waals surface area contributed by atoms with Crippen molar-refractivity contribution in [2.45, 2.75) is 12.5 Å². The van der Waals surface area contributed by atoms with Crippen LogP contribution in [0.3, 0.4) is 0 Å². The first kappa shape index (κ1) is 7.47. The zero-order valence-electron chi connectivity index (χ0n) is 5.51. The first-order valence-electron chi connectivity index (χ1n) is 3.24. The Hall–Kier alpha value is -0.640. The van der Waals surface area contributed by atoms with E-state index in [9.17, 15) is 9.18 Å². The van der Waals surface area contributed by atoms with E-state index in [-0.39, 0.29) is 30.9 Å². The van der Waals surface area contributed by atoms with Gasteiger partial charge in [-0.15, -0.1) is 0 Å². The molecule has 0 radical (unpaired) electrons. The molecule has 2 atom stereocenters. The van der Waals surface area contributed by atoms with Crippen LogP contribution in [0.4, 0.5) is 4.39 Å². The highest BCUT2D eigenvalue weighted by molar-refractivity contribution is 5.79. The highest BCUT2D eigenvalue weighted by Gasteiger charge is 2.31. The molecule has 3 nitrogen and oxygen atoms in total. The molecule has 1 rings (SSSR count). The Balaban J connectivity index is 2.48. The van der Waals surface area contributed by atoms with E-state index in [1.807, 2.05) is 0 Å². The van der Waals surface area contributed by atoms with E-state index in [2.05, 4.69) is 5.32 Å². The van der Waals surface area contributed by atoms with Crippen molar-refractivity contribution < 1.29 is 14.3 Å². The number of amides is 1. The van der Waals surface area contributed by atoms with Crippen LogP contribution in [0.5, 0.6) is 0 Å². The van der Waals surface area contributed by atoms with Gasteiger partial charge in [0.1, 0.15) is 0 Å². The molecule has 10 heavy (non-hydrogen) atoms. The average Bonchev–Trinajstić information content (AvgIpc) is 2.30. The van der Waals surface area contributed by atoms with Gasteiger partial charge in [0, 0.05) is 12.3 Å². The zero-order chi connectivity index (χ0) is 7.56. The number of aliphatic hydroxyl groups excluding tert-OH is 1. The summed E-state index contributed by atoms with van der Waals surface area (Å²) in [5.74, 6) is -0.487. The van der Waals surface area contributed by atoms with Crippen molar-refractivity contribution in [2.24, 2.45) is 5.92 Å². The highest BCUT2D eigenvalue weighted by atomic mass is 19.1. The summed E-state index contributed by atoms with van der Waals surface area (Å²) in [6.45, 7) is -0.704. The Labute approximate surface area is 58.2 Å². The number of nitrogens with one attached hydrogen (secondary N) is 1. The van der Waals surface area contributed by atoms with Gasteiger partial charge >= 0.3 is 0 Å². The lowest BCUT2D eigenvalue weighted by atomic mass is 10.0. The maximum atomic E-state index is 12.0. The summed E-state index contributed by atoms with van der Waals surface area (Å²) >= 11 is 0. The second-order valence-corrected chi connectivity index (χ2v) is 2.48. The van der Waals surface area contributed by atoms with Crippen LogP contribution in [-0.4, -0.2) is 30.3 Å². The molecule has 4 heteroatoms. The molecular weight excluding hydrogens is 137 g/mol. The molecule has 2 unspecified atom stereocenters. The molecule has 58 valence electrons. The molecule has 0 bridgehead atoms. The number of aliphatic hydroxyl groups is 1. The summed E-state index contributed by atoms with van der Waals surface area (Å²) in [4.78, 5) is 10.6. The number of halogens is 1. The third kappa shape index (κ3) is 1.26. The van der Waals surface area contributed by atoms with Gasteiger partial charge in [-0.3, -0.25) is 9.18 Å².